The molecule has 3 rings (SSSR count). The van der Waals surface area contributed by atoms with Crippen molar-refractivity contribution in [3.05, 3.63) is 46.5 Å². The Morgan fingerprint density at radius 1 is 1.44 bits per heavy atom. The van der Waals surface area contributed by atoms with Gasteiger partial charge in [-0.2, -0.15) is 0 Å². The molecule has 1 aromatic rings. The fraction of sp³-hybridized carbons (Fsp3) is 0.353. The zero-order chi connectivity index (χ0) is 18.0. The SMILES string of the molecule is CCOC(=O)CC1=CSC2=NC(C)=C(C(=O)OC)[C@@H](c3ccco3)N12. The molecule has 0 fully saturated rings. The minimum absolute atomic E-state index is 0.0879. The number of ether oxygens (including phenoxy) is 2. The Morgan fingerprint density at radius 3 is 2.88 bits per heavy atom. The number of hydrogen-bond donors (Lipinski definition) is 0. The zero-order valence-corrected chi connectivity index (χ0v) is 15.0. The highest BCUT2D eigenvalue weighted by molar-refractivity contribution is 8.16. The van der Waals surface area contributed by atoms with E-state index in [1.165, 1.54) is 18.9 Å². The second-order valence-electron chi connectivity index (χ2n) is 5.38. The van der Waals surface area contributed by atoms with Crippen molar-refractivity contribution in [2.75, 3.05) is 13.7 Å². The molecule has 1 atom stereocenters. The van der Waals surface area contributed by atoms with Gasteiger partial charge >= 0.3 is 11.9 Å². The summed E-state index contributed by atoms with van der Waals surface area (Å²) in [5, 5.41) is 2.53. The molecule has 0 saturated heterocycles. The largest absolute Gasteiger partial charge is 0.467 e. The predicted octanol–water partition coefficient (Wildman–Crippen LogP) is 2.98. The summed E-state index contributed by atoms with van der Waals surface area (Å²) in [6, 6.07) is 3.00. The summed E-state index contributed by atoms with van der Waals surface area (Å²) in [4.78, 5) is 30.6. The van der Waals surface area contributed by atoms with Gasteiger partial charge in [0.05, 0.1) is 37.7 Å². The lowest BCUT2D eigenvalue weighted by Crippen LogP contribution is -2.36. The third kappa shape index (κ3) is 3.21. The van der Waals surface area contributed by atoms with Gasteiger partial charge in [-0.3, -0.25) is 4.79 Å². The molecule has 3 heterocycles. The monoisotopic (exact) mass is 362 g/mol. The number of allylic oxidation sites excluding steroid dienone is 1. The normalized spacial score (nSPS) is 19.3. The number of furan rings is 1. The molecule has 2 aliphatic heterocycles. The Morgan fingerprint density at radius 2 is 2.24 bits per heavy atom. The Bertz CT molecular complexity index is 779. The lowest BCUT2D eigenvalue weighted by molar-refractivity contribution is -0.142. The number of carbonyl (C=O) groups excluding carboxylic acids is 2. The predicted molar refractivity (Wildman–Crippen MR) is 92.4 cm³/mol. The molecule has 0 bridgehead atoms. The van der Waals surface area contributed by atoms with Crippen LogP contribution in [0.15, 0.2) is 50.2 Å². The van der Waals surface area contributed by atoms with E-state index < -0.39 is 12.0 Å². The van der Waals surface area contributed by atoms with Crippen molar-refractivity contribution in [2.45, 2.75) is 26.3 Å². The highest BCUT2D eigenvalue weighted by Gasteiger charge is 2.42. The van der Waals surface area contributed by atoms with Gasteiger partial charge in [0.15, 0.2) is 5.17 Å². The highest BCUT2D eigenvalue weighted by atomic mass is 32.2. The van der Waals surface area contributed by atoms with Crippen LogP contribution >= 0.6 is 11.8 Å². The van der Waals surface area contributed by atoms with Crippen molar-refractivity contribution in [1.82, 2.24) is 4.90 Å². The van der Waals surface area contributed by atoms with Gasteiger partial charge in [0, 0.05) is 5.70 Å². The molecule has 0 N–H and O–H groups in total. The summed E-state index contributed by atoms with van der Waals surface area (Å²) >= 11 is 1.40. The topological polar surface area (TPSA) is 81.3 Å². The number of nitrogens with zero attached hydrogens (tertiary/aromatic N) is 2. The number of carbonyl (C=O) groups is 2. The molecule has 0 spiro atoms. The molecule has 25 heavy (non-hydrogen) atoms. The van der Waals surface area contributed by atoms with Crippen LogP contribution in [0, 0.1) is 0 Å². The van der Waals surface area contributed by atoms with Crippen LogP contribution < -0.4 is 0 Å². The number of methoxy groups -OCH3 is 1. The van der Waals surface area contributed by atoms with E-state index in [2.05, 4.69) is 4.99 Å². The molecule has 8 heteroatoms. The molecule has 2 aliphatic rings. The van der Waals surface area contributed by atoms with E-state index in [-0.39, 0.29) is 12.4 Å². The second kappa shape index (κ2) is 7.18. The molecule has 1 aromatic heterocycles. The molecule has 7 nitrogen and oxygen atoms in total. The third-order valence-corrected chi connectivity index (χ3v) is 4.74. The molecule has 0 aromatic carbocycles. The Balaban J connectivity index is 2.01. The van der Waals surface area contributed by atoms with Crippen molar-refractivity contribution in [2.24, 2.45) is 4.99 Å². The Hall–Kier alpha value is -2.48. The number of hydrogen-bond acceptors (Lipinski definition) is 8. The van der Waals surface area contributed by atoms with E-state index in [1.54, 1.807) is 32.2 Å². The summed E-state index contributed by atoms with van der Waals surface area (Å²) in [6.07, 6.45) is 1.63. The summed E-state index contributed by atoms with van der Waals surface area (Å²) in [7, 11) is 1.33. The van der Waals surface area contributed by atoms with Gasteiger partial charge in [-0.05, 0) is 31.4 Å². The molecular formula is C17H18N2O5S. The fourth-order valence-electron chi connectivity index (χ4n) is 2.82. The first kappa shape index (κ1) is 17.3. The highest BCUT2D eigenvalue weighted by Crippen LogP contribution is 2.44. The number of fused-ring (bicyclic) bond motifs is 1. The average Bonchev–Trinajstić information content (AvgIpc) is 3.23. The van der Waals surface area contributed by atoms with E-state index >= 15 is 0 Å². The van der Waals surface area contributed by atoms with E-state index in [0.717, 1.165) is 0 Å². The molecular weight excluding hydrogens is 344 g/mol. The Kier molecular flexibility index (Phi) is 4.98. The first-order chi connectivity index (χ1) is 12.1. The van der Waals surface area contributed by atoms with Crippen molar-refractivity contribution >= 4 is 28.9 Å². The molecule has 0 radical (unpaired) electrons. The number of amidine groups is 1. The molecule has 0 unspecified atom stereocenters. The Labute approximate surface area is 149 Å². The number of rotatable bonds is 5. The van der Waals surface area contributed by atoms with Crippen LogP contribution in [0.2, 0.25) is 0 Å². The van der Waals surface area contributed by atoms with Crippen LogP contribution in [0.25, 0.3) is 0 Å². The summed E-state index contributed by atoms with van der Waals surface area (Å²) in [5.41, 5.74) is 1.66. The zero-order valence-electron chi connectivity index (χ0n) is 14.1. The van der Waals surface area contributed by atoms with Crippen molar-refractivity contribution in [1.29, 1.82) is 0 Å². The molecule has 0 amide bonds. The quantitative estimate of drug-likeness (QED) is 0.745. The van der Waals surface area contributed by atoms with Gasteiger partial charge in [-0.15, -0.1) is 0 Å². The molecule has 132 valence electrons. The fourth-order valence-corrected chi connectivity index (χ4v) is 3.78. The van der Waals surface area contributed by atoms with Crippen molar-refractivity contribution in [3.63, 3.8) is 0 Å². The van der Waals surface area contributed by atoms with Gasteiger partial charge < -0.3 is 18.8 Å². The van der Waals surface area contributed by atoms with E-state index in [0.29, 0.717) is 34.5 Å². The minimum atomic E-state index is -0.536. The summed E-state index contributed by atoms with van der Waals surface area (Å²) in [6.45, 7) is 3.83. The van der Waals surface area contributed by atoms with Crippen molar-refractivity contribution in [3.8, 4) is 0 Å². The van der Waals surface area contributed by atoms with E-state index in [1.807, 2.05) is 10.3 Å². The minimum Gasteiger partial charge on any atom is -0.467 e. The van der Waals surface area contributed by atoms with E-state index in [9.17, 15) is 9.59 Å². The van der Waals surface area contributed by atoms with Gasteiger partial charge in [0.25, 0.3) is 0 Å². The van der Waals surface area contributed by atoms with Gasteiger partial charge in [0.1, 0.15) is 11.8 Å². The van der Waals surface area contributed by atoms with Crippen molar-refractivity contribution < 1.29 is 23.5 Å². The third-order valence-electron chi connectivity index (χ3n) is 3.85. The van der Waals surface area contributed by atoms with Gasteiger partial charge in [0.2, 0.25) is 0 Å². The summed E-state index contributed by atoms with van der Waals surface area (Å²) < 4.78 is 15.5. The maximum atomic E-state index is 12.4. The van der Waals surface area contributed by atoms with Crippen LogP contribution in [0.5, 0.6) is 0 Å². The van der Waals surface area contributed by atoms with Crippen LogP contribution in [0.3, 0.4) is 0 Å². The lowest BCUT2D eigenvalue weighted by atomic mass is 9.99. The summed E-state index contributed by atoms with van der Waals surface area (Å²) in [5.74, 6) is -0.238. The average molecular weight is 362 g/mol. The van der Waals surface area contributed by atoms with Crippen LogP contribution in [0.4, 0.5) is 0 Å². The first-order valence-corrected chi connectivity index (χ1v) is 8.66. The lowest BCUT2D eigenvalue weighted by Gasteiger charge is -2.34. The number of thioether (sulfide) groups is 1. The van der Waals surface area contributed by atoms with E-state index in [4.69, 9.17) is 13.9 Å². The van der Waals surface area contributed by atoms with Crippen LogP contribution in [-0.2, 0) is 19.1 Å². The number of aliphatic imine (C=N–C) groups is 1. The van der Waals surface area contributed by atoms with Gasteiger partial charge in [-0.1, -0.05) is 11.8 Å². The maximum absolute atomic E-state index is 12.4. The molecule has 0 aliphatic carbocycles. The standard InChI is InChI=1S/C17H18N2O5S/c1-4-23-13(20)8-11-9-25-17-18-10(2)14(16(21)22-3)15(19(11)17)12-6-5-7-24-12/h5-7,9,15H,4,8H2,1-3H3/t15-/m1/s1. The first-order valence-electron chi connectivity index (χ1n) is 7.78. The smallest absolute Gasteiger partial charge is 0.338 e. The van der Waals surface area contributed by atoms with Gasteiger partial charge in [-0.25, -0.2) is 9.79 Å². The second-order valence-corrected chi connectivity index (χ2v) is 6.22. The van der Waals surface area contributed by atoms with Crippen LogP contribution in [-0.4, -0.2) is 35.7 Å². The maximum Gasteiger partial charge on any atom is 0.338 e. The number of esters is 2. The molecule has 0 saturated carbocycles. The van der Waals surface area contributed by atoms with Crippen LogP contribution in [0.1, 0.15) is 32.1 Å².